The quantitative estimate of drug-likeness (QED) is 0.132. The van der Waals surface area contributed by atoms with Gasteiger partial charge in [-0.05, 0) is 98.4 Å². The van der Waals surface area contributed by atoms with Gasteiger partial charge in [-0.25, -0.2) is 0 Å². The molecule has 9 rings (SSSR count). The number of benzene rings is 8. The van der Waals surface area contributed by atoms with E-state index in [9.17, 15) is 9.59 Å². The molecule has 1 aliphatic carbocycles. The standard InChI is InChI=1S/C48H31NO2/c50-47-43-30-36-15-7-8-16-37(36)31-44(43)48(51)45(47)28-32-19-20-39-29-41(26-23-38(39)27-32)49(40-24-21-34(22-25-40)33-11-3-1-4-12-33)46-18-10-9-17-42(46)35-13-5-2-6-14-35/h1-31H. The molecule has 0 spiro atoms. The number of anilines is 3. The molecule has 0 unspecified atom stereocenters. The number of ketones is 2. The fourth-order valence-electron chi connectivity index (χ4n) is 7.18. The highest BCUT2D eigenvalue weighted by molar-refractivity contribution is 6.42. The minimum absolute atomic E-state index is 0.207. The summed E-state index contributed by atoms with van der Waals surface area (Å²) in [7, 11) is 0. The van der Waals surface area contributed by atoms with E-state index < -0.39 is 0 Å². The van der Waals surface area contributed by atoms with E-state index in [2.05, 4.69) is 126 Å². The molecule has 1 aliphatic rings. The lowest BCUT2D eigenvalue weighted by atomic mass is 10.00. The first kappa shape index (κ1) is 30.2. The molecule has 0 saturated carbocycles. The lowest BCUT2D eigenvalue weighted by molar-refractivity contribution is 0.0990. The largest absolute Gasteiger partial charge is 0.310 e. The minimum Gasteiger partial charge on any atom is -0.310 e. The Kier molecular flexibility index (Phi) is 7.44. The summed E-state index contributed by atoms with van der Waals surface area (Å²) in [5.41, 5.74) is 9.72. The van der Waals surface area contributed by atoms with Crippen LogP contribution in [0.4, 0.5) is 17.1 Å². The summed E-state index contributed by atoms with van der Waals surface area (Å²) in [6, 6.07) is 62.1. The summed E-state index contributed by atoms with van der Waals surface area (Å²) in [4.78, 5) is 29.2. The molecule has 0 aliphatic heterocycles. The minimum atomic E-state index is -0.220. The smallest absolute Gasteiger partial charge is 0.197 e. The Bertz CT molecular complexity index is 2600. The maximum atomic E-state index is 13.4. The highest BCUT2D eigenvalue weighted by atomic mass is 16.2. The van der Waals surface area contributed by atoms with Gasteiger partial charge in [0.15, 0.2) is 11.6 Å². The van der Waals surface area contributed by atoms with Crippen molar-refractivity contribution in [3.05, 3.63) is 204 Å². The number of hydrogen-bond acceptors (Lipinski definition) is 3. The van der Waals surface area contributed by atoms with Crippen LogP contribution in [0.2, 0.25) is 0 Å². The van der Waals surface area contributed by atoms with E-state index in [-0.39, 0.29) is 17.1 Å². The zero-order chi connectivity index (χ0) is 34.3. The number of hydrogen-bond donors (Lipinski definition) is 0. The fraction of sp³-hybridized carbons (Fsp3) is 0. The predicted octanol–water partition coefficient (Wildman–Crippen LogP) is 12.3. The van der Waals surface area contributed by atoms with Crippen LogP contribution in [0.1, 0.15) is 26.3 Å². The van der Waals surface area contributed by atoms with Crippen LogP contribution in [-0.2, 0) is 0 Å². The first-order valence-electron chi connectivity index (χ1n) is 17.1. The second-order valence-electron chi connectivity index (χ2n) is 12.9. The summed E-state index contributed by atoms with van der Waals surface area (Å²) in [5, 5.41) is 3.97. The lowest BCUT2D eigenvalue weighted by Gasteiger charge is -2.28. The summed E-state index contributed by atoms with van der Waals surface area (Å²) in [5.74, 6) is -0.440. The van der Waals surface area contributed by atoms with Crippen molar-refractivity contribution in [3.8, 4) is 22.3 Å². The highest BCUT2D eigenvalue weighted by Crippen LogP contribution is 2.42. The maximum Gasteiger partial charge on any atom is 0.197 e. The van der Waals surface area contributed by atoms with Crippen molar-refractivity contribution in [2.24, 2.45) is 0 Å². The van der Waals surface area contributed by atoms with E-state index in [1.54, 1.807) is 6.08 Å². The summed E-state index contributed by atoms with van der Waals surface area (Å²) < 4.78 is 0. The van der Waals surface area contributed by atoms with E-state index >= 15 is 0 Å². The molecule has 51 heavy (non-hydrogen) atoms. The molecular weight excluding hydrogens is 623 g/mol. The molecule has 0 radical (unpaired) electrons. The van der Waals surface area contributed by atoms with Crippen LogP contribution in [0.5, 0.6) is 0 Å². The van der Waals surface area contributed by atoms with E-state index in [1.807, 2.05) is 60.7 Å². The van der Waals surface area contributed by atoms with Gasteiger partial charge in [-0.3, -0.25) is 9.59 Å². The van der Waals surface area contributed by atoms with Crippen molar-refractivity contribution in [1.29, 1.82) is 0 Å². The normalized spacial score (nSPS) is 12.4. The van der Waals surface area contributed by atoms with E-state index in [0.29, 0.717) is 11.1 Å². The molecule has 0 fully saturated rings. The van der Waals surface area contributed by atoms with Crippen LogP contribution >= 0.6 is 0 Å². The molecule has 0 aromatic heterocycles. The van der Waals surface area contributed by atoms with Crippen LogP contribution in [0.25, 0.3) is 49.9 Å². The first-order valence-corrected chi connectivity index (χ1v) is 17.1. The summed E-state index contributed by atoms with van der Waals surface area (Å²) >= 11 is 0. The van der Waals surface area contributed by atoms with Gasteiger partial charge in [-0.15, -0.1) is 0 Å². The predicted molar refractivity (Wildman–Crippen MR) is 210 cm³/mol. The average Bonchev–Trinajstić information content (AvgIpc) is 3.42. The molecule has 0 N–H and O–H groups in total. The number of para-hydroxylation sites is 1. The second-order valence-corrected chi connectivity index (χ2v) is 12.9. The molecule has 0 saturated heterocycles. The molecule has 8 aromatic carbocycles. The Morgan fingerprint density at radius 1 is 0.373 bits per heavy atom. The van der Waals surface area contributed by atoms with Crippen molar-refractivity contribution in [3.63, 3.8) is 0 Å². The SMILES string of the molecule is O=C1C(=Cc2ccc3cc(N(c4ccc(-c5ccccc5)cc4)c4ccccc4-c4ccccc4)ccc3c2)C(=O)c2cc3ccccc3cc21. The number of allylic oxidation sites excluding steroid dienone is 1. The number of carbonyl (C=O) groups is 2. The third-order valence-electron chi connectivity index (χ3n) is 9.74. The Hall–Kier alpha value is -6.84. The van der Waals surface area contributed by atoms with Gasteiger partial charge in [-0.2, -0.15) is 0 Å². The molecule has 0 bridgehead atoms. The van der Waals surface area contributed by atoms with Gasteiger partial charge >= 0.3 is 0 Å². The third kappa shape index (κ3) is 5.51. The van der Waals surface area contributed by atoms with E-state index in [1.165, 1.54) is 5.56 Å². The van der Waals surface area contributed by atoms with Gasteiger partial charge in [0, 0.05) is 28.1 Å². The van der Waals surface area contributed by atoms with Crippen LogP contribution < -0.4 is 4.90 Å². The Labute approximate surface area is 296 Å². The second kappa shape index (κ2) is 12.6. The molecule has 8 aromatic rings. The molecule has 3 nitrogen and oxygen atoms in total. The van der Waals surface area contributed by atoms with Crippen LogP contribution in [0, 0.1) is 0 Å². The molecule has 240 valence electrons. The molecule has 0 amide bonds. The zero-order valence-electron chi connectivity index (χ0n) is 27.7. The first-order chi connectivity index (χ1) is 25.1. The van der Waals surface area contributed by atoms with Crippen molar-refractivity contribution in [2.45, 2.75) is 0 Å². The number of fused-ring (bicyclic) bond motifs is 3. The van der Waals surface area contributed by atoms with Crippen LogP contribution in [0.3, 0.4) is 0 Å². The van der Waals surface area contributed by atoms with Crippen molar-refractivity contribution >= 4 is 56.2 Å². The van der Waals surface area contributed by atoms with Gasteiger partial charge in [-0.1, -0.05) is 133 Å². The maximum absolute atomic E-state index is 13.4. The molecule has 0 atom stereocenters. The number of nitrogens with zero attached hydrogens (tertiary/aromatic N) is 1. The monoisotopic (exact) mass is 653 g/mol. The number of rotatable bonds is 6. The van der Waals surface area contributed by atoms with Crippen LogP contribution in [-0.4, -0.2) is 11.6 Å². The molecule has 0 heterocycles. The average molecular weight is 654 g/mol. The fourth-order valence-corrected chi connectivity index (χ4v) is 7.18. The number of carbonyl (C=O) groups excluding carboxylic acids is 2. The van der Waals surface area contributed by atoms with Gasteiger partial charge in [0.05, 0.1) is 11.3 Å². The van der Waals surface area contributed by atoms with E-state index in [0.717, 1.165) is 60.9 Å². The highest BCUT2D eigenvalue weighted by Gasteiger charge is 2.33. The lowest BCUT2D eigenvalue weighted by Crippen LogP contribution is -2.11. The van der Waals surface area contributed by atoms with Crippen molar-refractivity contribution in [1.82, 2.24) is 0 Å². The molecule has 3 heteroatoms. The Morgan fingerprint density at radius 2 is 0.882 bits per heavy atom. The Morgan fingerprint density at radius 3 is 1.57 bits per heavy atom. The van der Waals surface area contributed by atoms with Gasteiger partial charge in [0.1, 0.15) is 0 Å². The number of Topliss-reactive ketones (excluding diaryl/α,β-unsaturated/α-hetero) is 2. The summed E-state index contributed by atoms with van der Waals surface area (Å²) in [6.07, 6.45) is 1.74. The zero-order valence-corrected chi connectivity index (χ0v) is 27.7. The van der Waals surface area contributed by atoms with E-state index in [4.69, 9.17) is 0 Å². The summed E-state index contributed by atoms with van der Waals surface area (Å²) in [6.45, 7) is 0. The van der Waals surface area contributed by atoms with Crippen molar-refractivity contribution in [2.75, 3.05) is 4.90 Å². The third-order valence-corrected chi connectivity index (χ3v) is 9.74. The van der Waals surface area contributed by atoms with Gasteiger partial charge < -0.3 is 4.90 Å². The molecular formula is C48H31NO2. The van der Waals surface area contributed by atoms with Gasteiger partial charge in [0.2, 0.25) is 0 Å². The van der Waals surface area contributed by atoms with Crippen LogP contribution in [0.15, 0.2) is 188 Å². The topological polar surface area (TPSA) is 37.4 Å². The van der Waals surface area contributed by atoms with Gasteiger partial charge in [0.25, 0.3) is 0 Å². The van der Waals surface area contributed by atoms with Crippen molar-refractivity contribution < 1.29 is 9.59 Å². The Balaban J connectivity index is 1.11.